The van der Waals surface area contributed by atoms with Gasteiger partial charge in [-0.05, 0) is 35.1 Å². The van der Waals surface area contributed by atoms with Crippen molar-refractivity contribution in [1.82, 2.24) is 10.2 Å². The van der Waals surface area contributed by atoms with E-state index in [1.165, 1.54) is 0 Å². The van der Waals surface area contributed by atoms with Crippen molar-refractivity contribution >= 4 is 18.0 Å². The second-order valence-corrected chi connectivity index (χ2v) is 9.21. The second kappa shape index (κ2) is 8.90. The molecule has 0 aromatic heterocycles. The van der Waals surface area contributed by atoms with Gasteiger partial charge in [0.2, 0.25) is 5.54 Å². The predicted molar refractivity (Wildman–Crippen MR) is 120 cm³/mol. The fourth-order valence-corrected chi connectivity index (χ4v) is 4.85. The SMILES string of the molecule is CC1CN(C(=O)C(C)(NC(=O)OCC2c3ccccc3-c3ccccc32)C(F)(F)F)CC1C(=O)O. The molecule has 0 radical (unpaired) electrons. The summed E-state index contributed by atoms with van der Waals surface area (Å²) in [7, 11) is 0. The van der Waals surface area contributed by atoms with Gasteiger partial charge in [0.1, 0.15) is 6.61 Å². The first kappa shape index (κ1) is 24.6. The number of benzene rings is 2. The fourth-order valence-electron chi connectivity index (χ4n) is 4.85. The van der Waals surface area contributed by atoms with Crippen LogP contribution in [-0.4, -0.2) is 59.4 Å². The molecule has 1 heterocycles. The summed E-state index contributed by atoms with van der Waals surface area (Å²) in [6.45, 7) is 1.37. The third-order valence-electron chi connectivity index (χ3n) is 6.91. The highest BCUT2D eigenvalue weighted by Crippen LogP contribution is 2.44. The van der Waals surface area contributed by atoms with Crippen LogP contribution in [0.25, 0.3) is 11.1 Å². The largest absolute Gasteiger partial charge is 0.481 e. The number of hydrogen-bond donors (Lipinski definition) is 2. The number of likely N-dealkylation sites (tertiary alicyclic amines) is 1. The lowest BCUT2D eigenvalue weighted by molar-refractivity contribution is -0.199. The Morgan fingerprint density at radius 3 is 2.06 bits per heavy atom. The van der Waals surface area contributed by atoms with E-state index in [0.717, 1.165) is 27.2 Å². The van der Waals surface area contributed by atoms with Gasteiger partial charge in [-0.2, -0.15) is 13.2 Å². The molecule has 3 unspecified atom stereocenters. The Bertz CT molecular complexity index is 1120. The van der Waals surface area contributed by atoms with Crippen LogP contribution in [0.4, 0.5) is 18.0 Å². The van der Waals surface area contributed by atoms with E-state index < -0.39 is 41.5 Å². The molecular weight excluding hydrogens is 465 g/mol. The monoisotopic (exact) mass is 490 g/mol. The van der Waals surface area contributed by atoms with Gasteiger partial charge in [0.05, 0.1) is 5.92 Å². The summed E-state index contributed by atoms with van der Waals surface area (Å²) in [5, 5.41) is 11.0. The predicted octanol–water partition coefficient (Wildman–Crippen LogP) is 4.03. The highest BCUT2D eigenvalue weighted by atomic mass is 19.4. The Hall–Kier alpha value is -3.56. The van der Waals surface area contributed by atoms with E-state index in [1.54, 1.807) is 12.2 Å². The zero-order valence-corrected chi connectivity index (χ0v) is 19.1. The van der Waals surface area contributed by atoms with Crippen LogP contribution in [0.1, 0.15) is 30.9 Å². The molecule has 0 bridgehead atoms. The number of nitrogens with one attached hydrogen (secondary N) is 1. The van der Waals surface area contributed by atoms with Crippen molar-refractivity contribution in [3.63, 3.8) is 0 Å². The van der Waals surface area contributed by atoms with Gasteiger partial charge in [0, 0.05) is 19.0 Å². The number of aliphatic carboxylic acids is 1. The number of hydrogen-bond acceptors (Lipinski definition) is 4. The molecule has 2 aromatic rings. The van der Waals surface area contributed by atoms with E-state index in [4.69, 9.17) is 4.74 Å². The molecule has 2 N–H and O–H groups in total. The van der Waals surface area contributed by atoms with Crippen LogP contribution in [0.3, 0.4) is 0 Å². The molecule has 1 aliphatic heterocycles. The minimum Gasteiger partial charge on any atom is -0.481 e. The third kappa shape index (κ3) is 4.33. The average molecular weight is 490 g/mol. The molecule has 1 fully saturated rings. The summed E-state index contributed by atoms with van der Waals surface area (Å²) in [6.07, 6.45) is -6.53. The number of fused-ring (bicyclic) bond motifs is 3. The Morgan fingerprint density at radius 1 is 1.03 bits per heavy atom. The van der Waals surface area contributed by atoms with Crippen molar-refractivity contribution in [1.29, 1.82) is 0 Å². The summed E-state index contributed by atoms with van der Waals surface area (Å²) in [4.78, 5) is 37.6. The lowest BCUT2D eigenvalue weighted by atomic mass is 9.98. The van der Waals surface area contributed by atoms with Gasteiger partial charge in [0.25, 0.3) is 5.91 Å². The van der Waals surface area contributed by atoms with Crippen LogP contribution in [0.2, 0.25) is 0 Å². The van der Waals surface area contributed by atoms with E-state index >= 15 is 0 Å². The van der Waals surface area contributed by atoms with Crippen LogP contribution >= 0.6 is 0 Å². The molecule has 186 valence electrons. The van der Waals surface area contributed by atoms with Crippen LogP contribution in [0.15, 0.2) is 48.5 Å². The summed E-state index contributed by atoms with van der Waals surface area (Å²) in [5.74, 6) is -4.48. The molecule has 2 aliphatic rings. The number of nitrogens with zero attached hydrogens (tertiary/aromatic N) is 1. The minimum absolute atomic E-state index is 0.159. The number of ether oxygens (including phenoxy) is 1. The quantitative estimate of drug-likeness (QED) is 0.660. The lowest BCUT2D eigenvalue weighted by Gasteiger charge is -2.34. The zero-order valence-electron chi connectivity index (χ0n) is 19.1. The van der Waals surface area contributed by atoms with Crippen molar-refractivity contribution in [2.75, 3.05) is 19.7 Å². The van der Waals surface area contributed by atoms with Gasteiger partial charge in [-0.1, -0.05) is 55.5 Å². The Balaban J connectivity index is 1.49. The topological polar surface area (TPSA) is 95.9 Å². The lowest BCUT2D eigenvalue weighted by Crippen LogP contribution is -2.65. The molecule has 0 saturated carbocycles. The normalized spacial score (nSPS) is 21.1. The minimum atomic E-state index is -5.14. The third-order valence-corrected chi connectivity index (χ3v) is 6.91. The smallest absolute Gasteiger partial charge is 0.420 e. The highest BCUT2D eigenvalue weighted by Gasteiger charge is 2.60. The van der Waals surface area contributed by atoms with Gasteiger partial charge in [-0.3, -0.25) is 14.9 Å². The Morgan fingerprint density at radius 2 is 1.57 bits per heavy atom. The molecule has 2 amide bonds. The molecule has 4 rings (SSSR count). The number of amides is 2. The number of carbonyl (C=O) groups excluding carboxylic acids is 2. The molecule has 3 atom stereocenters. The van der Waals surface area contributed by atoms with E-state index in [-0.39, 0.29) is 25.6 Å². The molecule has 1 saturated heterocycles. The standard InChI is InChI=1S/C25H25F3N2O5/c1-14-11-30(12-19(14)21(31)32)22(33)24(2,25(26,27)28)29-23(34)35-13-20-17-9-5-3-7-15(17)16-8-4-6-10-18(16)20/h3-10,14,19-20H,11-13H2,1-2H3,(H,29,34)(H,31,32). The van der Waals surface area contributed by atoms with Crippen molar-refractivity contribution in [3.8, 4) is 11.1 Å². The molecular formula is C25H25F3N2O5. The maximum atomic E-state index is 14.0. The van der Waals surface area contributed by atoms with Gasteiger partial charge < -0.3 is 14.7 Å². The van der Waals surface area contributed by atoms with Crippen LogP contribution in [0.5, 0.6) is 0 Å². The first-order chi connectivity index (χ1) is 16.4. The number of alkyl halides is 3. The molecule has 0 spiro atoms. The van der Waals surface area contributed by atoms with Crippen molar-refractivity contribution in [3.05, 3.63) is 59.7 Å². The number of carboxylic acids is 1. The fraction of sp³-hybridized carbons (Fsp3) is 0.400. The number of halogens is 3. The zero-order chi connectivity index (χ0) is 25.5. The summed E-state index contributed by atoms with van der Waals surface area (Å²) in [6, 6.07) is 15.0. The average Bonchev–Trinajstić information content (AvgIpc) is 3.34. The summed E-state index contributed by atoms with van der Waals surface area (Å²) < 4.78 is 47.3. The van der Waals surface area contributed by atoms with E-state index in [0.29, 0.717) is 6.92 Å². The summed E-state index contributed by atoms with van der Waals surface area (Å²) in [5.41, 5.74) is 0.429. The molecule has 7 nitrogen and oxygen atoms in total. The summed E-state index contributed by atoms with van der Waals surface area (Å²) >= 11 is 0. The van der Waals surface area contributed by atoms with Gasteiger partial charge in [-0.25, -0.2) is 4.79 Å². The van der Waals surface area contributed by atoms with Crippen molar-refractivity contribution in [2.24, 2.45) is 11.8 Å². The van der Waals surface area contributed by atoms with Gasteiger partial charge in [0.15, 0.2) is 0 Å². The highest BCUT2D eigenvalue weighted by molar-refractivity contribution is 5.91. The van der Waals surface area contributed by atoms with Crippen LogP contribution in [0, 0.1) is 11.8 Å². The second-order valence-electron chi connectivity index (χ2n) is 9.21. The number of carboxylic acid groups (broad SMARTS) is 1. The maximum Gasteiger partial charge on any atom is 0.420 e. The van der Waals surface area contributed by atoms with E-state index in [2.05, 4.69) is 0 Å². The molecule has 2 aromatic carbocycles. The van der Waals surface area contributed by atoms with Crippen LogP contribution < -0.4 is 5.32 Å². The molecule has 10 heteroatoms. The Labute approximate surface area is 199 Å². The Kier molecular flexibility index (Phi) is 6.25. The van der Waals surface area contributed by atoms with Gasteiger partial charge in [-0.15, -0.1) is 0 Å². The van der Waals surface area contributed by atoms with Crippen molar-refractivity contribution in [2.45, 2.75) is 31.5 Å². The van der Waals surface area contributed by atoms with Crippen LogP contribution in [-0.2, 0) is 14.3 Å². The van der Waals surface area contributed by atoms with E-state index in [9.17, 15) is 32.7 Å². The molecule has 1 aliphatic carbocycles. The number of alkyl carbamates (subject to hydrolysis) is 1. The van der Waals surface area contributed by atoms with E-state index in [1.807, 2.05) is 48.5 Å². The number of carbonyl (C=O) groups is 3. The first-order valence-electron chi connectivity index (χ1n) is 11.2. The number of rotatable bonds is 5. The van der Waals surface area contributed by atoms with Crippen molar-refractivity contribution < 1.29 is 37.4 Å². The van der Waals surface area contributed by atoms with Gasteiger partial charge >= 0.3 is 18.2 Å². The maximum absolute atomic E-state index is 14.0. The first-order valence-corrected chi connectivity index (χ1v) is 11.2. The molecule has 35 heavy (non-hydrogen) atoms.